The van der Waals surface area contributed by atoms with Gasteiger partial charge in [0.15, 0.2) is 6.10 Å². The number of hydrogen-bond donors (Lipinski definition) is 1. The van der Waals surface area contributed by atoms with Gasteiger partial charge >= 0.3 is 5.97 Å². The predicted octanol–water partition coefficient (Wildman–Crippen LogP) is 3.94. The number of halogens is 1. The van der Waals surface area contributed by atoms with Crippen molar-refractivity contribution in [2.45, 2.75) is 25.9 Å². The summed E-state index contributed by atoms with van der Waals surface area (Å²) in [6.45, 7) is 1.86. The van der Waals surface area contributed by atoms with Gasteiger partial charge in [0.05, 0.1) is 17.2 Å². The van der Waals surface area contributed by atoms with E-state index in [9.17, 15) is 9.59 Å². The van der Waals surface area contributed by atoms with Gasteiger partial charge in [-0.2, -0.15) is 5.26 Å². The van der Waals surface area contributed by atoms with E-state index in [2.05, 4.69) is 5.32 Å². The molecule has 2 aromatic rings. The maximum Gasteiger partial charge on any atom is 0.306 e. The van der Waals surface area contributed by atoms with Crippen LogP contribution in [0.5, 0.6) is 5.75 Å². The highest BCUT2D eigenvalue weighted by atomic mass is 35.5. The molecule has 1 amide bonds. The van der Waals surface area contributed by atoms with Crippen LogP contribution >= 0.6 is 11.6 Å². The van der Waals surface area contributed by atoms with Crippen molar-refractivity contribution < 1.29 is 19.1 Å². The van der Waals surface area contributed by atoms with Crippen LogP contribution in [-0.4, -0.2) is 24.6 Å². The summed E-state index contributed by atoms with van der Waals surface area (Å²) in [5.41, 5.74) is 0.732. The highest BCUT2D eigenvalue weighted by Gasteiger charge is 2.18. The maximum absolute atomic E-state index is 12.1. The van der Waals surface area contributed by atoms with Crippen molar-refractivity contribution in [3.05, 3.63) is 59.1 Å². The number of amides is 1. The third-order valence-electron chi connectivity index (χ3n) is 3.57. The lowest BCUT2D eigenvalue weighted by Crippen LogP contribution is -2.30. The predicted molar refractivity (Wildman–Crippen MR) is 102 cm³/mol. The SMILES string of the molecule is CC(OC(=O)CCCOc1ccccc1)C(=O)Nc1ccc(C#N)c(Cl)c1. The minimum atomic E-state index is -0.957. The maximum atomic E-state index is 12.1. The number of nitrogens with zero attached hydrogens (tertiary/aromatic N) is 1. The first-order chi connectivity index (χ1) is 13.0. The van der Waals surface area contributed by atoms with Crippen LogP contribution in [0.1, 0.15) is 25.3 Å². The van der Waals surface area contributed by atoms with Gasteiger partial charge in [0.2, 0.25) is 0 Å². The lowest BCUT2D eigenvalue weighted by atomic mass is 10.2. The van der Waals surface area contributed by atoms with E-state index < -0.39 is 18.0 Å². The summed E-state index contributed by atoms with van der Waals surface area (Å²) in [6.07, 6.45) is -0.331. The zero-order chi connectivity index (χ0) is 19.6. The number of esters is 1. The number of nitrogens with one attached hydrogen (secondary N) is 1. The molecule has 27 heavy (non-hydrogen) atoms. The molecule has 0 saturated carbocycles. The fraction of sp³-hybridized carbons (Fsp3) is 0.250. The zero-order valence-electron chi connectivity index (χ0n) is 14.8. The number of nitriles is 1. The van der Waals surface area contributed by atoms with Crippen LogP contribution in [0.4, 0.5) is 5.69 Å². The molecule has 6 nitrogen and oxygen atoms in total. The molecular formula is C20H19ClN2O4. The van der Waals surface area contributed by atoms with Gasteiger partial charge in [-0.25, -0.2) is 0 Å². The molecule has 2 aromatic carbocycles. The Bertz CT molecular complexity index is 834. The molecule has 0 saturated heterocycles. The molecule has 0 aliphatic carbocycles. The topological polar surface area (TPSA) is 88.4 Å². The largest absolute Gasteiger partial charge is 0.494 e. The Balaban J connectivity index is 1.72. The number of carbonyl (C=O) groups excluding carboxylic acids is 2. The van der Waals surface area contributed by atoms with Gasteiger partial charge in [-0.1, -0.05) is 29.8 Å². The van der Waals surface area contributed by atoms with E-state index in [1.807, 2.05) is 36.4 Å². The van der Waals surface area contributed by atoms with E-state index in [0.29, 0.717) is 24.3 Å². The Hall–Kier alpha value is -3.04. The number of para-hydroxylation sites is 1. The number of anilines is 1. The van der Waals surface area contributed by atoms with Crippen LogP contribution in [0, 0.1) is 11.3 Å². The van der Waals surface area contributed by atoms with E-state index in [1.165, 1.54) is 19.1 Å². The van der Waals surface area contributed by atoms with Crippen molar-refractivity contribution in [1.82, 2.24) is 0 Å². The molecular weight excluding hydrogens is 368 g/mol. The molecule has 1 unspecified atom stereocenters. The van der Waals surface area contributed by atoms with Crippen molar-refractivity contribution >= 4 is 29.2 Å². The molecule has 0 aromatic heterocycles. The lowest BCUT2D eigenvalue weighted by molar-refractivity contribution is -0.153. The fourth-order valence-electron chi connectivity index (χ4n) is 2.16. The standard InChI is InChI=1S/C20H19ClN2O4/c1-14(20(25)23-16-10-9-15(13-22)18(21)12-16)27-19(24)8-5-11-26-17-6-3-2-4-7-17/h2-4,6-7,9-10,12,14H,5,8,11H2,1H3,(H,23,25). The summed E-state index contributed by atoms with van der Waals surface area (Å²) in [7, 11) is 0. The molecule has 140 valence electrons. The van der Waals surface area contributed by atoms with Crippen molar-refractivity contribution in [3.8, 4) is 11.8 Å². The number of carbonyl (C=O) groups is 2. The first kappa shape index (κ1) is 20.3. The molecule has 0 aliphatic heterocycles. The Morgan fingerprint density at radius 3 is 2.63 bits per heavy atom. The lowest BCUT2D eigenvalue weighted by Gasteiger charge is -2.14. The number of hydrogen-bond acceptors (Lipinski definition) is 5. The second-order valence-electron chi connectivity index (χ2n) is 5.69. The van der Waals surface area contributed by atoms with Crippen LogP contribution in [0.25, 0.3) is 0 Å². The summed E-state index contributed by atoms with van der Waals surface area (Å²) in [5.74, 6) is -0.225. The average molecular weight is 387 g/mol. The van der Waals surface area contributed by atoms with E-state index in [0.717, 1.165) is 5.75 Å². The normalized spacial score (nSPS) is 11.1. The molecule has 0 spiro atoms. The first-order valence-electron chi connectivity index (χ1n) is 8.37. The summed E-state index contributed by atoms with van der Waals surface area (Å²) >= 11 is 5.92. The van der Waals surface area contributed by atoms with E-state index in [4.69, 9.17) is 26.3 Å². The second-order valence-corrected chi connectivity index (χ2v) is 6.10. The number of rotatable bonds is 8. The van der Waals surface area contributed by atoms with Gasteiger partial charge < -0.3 is 14.8 Å². The molecule has 0 aliphatic rings. The molecule has 2 rings (SSSR count). The minimum Gasteiger partial charge on any atom is -0.494 e. The fourth-order valence-corrected chi connectivity index (χ4v) is 2.38. The quantitative estimate of drug-likeness (QED) is 0.548. The summed E-state index contributed by atoms with van der Waals surface area (Å²) in [5, 5.41) is 11.7. The highest BCUT2D eigenvalue weighted by molar-refractivity contribution is 6.32. The van der Waals surface area contributed by atoms with Crippen LogP contribution in [-0.2, 0) is 14.3 Å². The third kappa shape index (κ3) is 6.65. The van der Waals surface area contributed by atoms with Crippen molar-refractivity contribution in [1.29, 1.82) is 5.26 Å². The highest BCUT2D eigenvalue weighted by Crippen LogP contribution is 2.20. The van der Waals surface area contributed by atoms with Gasteiger partial charge in [-0.3, -0.25) is 9.59 Å². The third-order valence-corrected chi connectivity index (χ3v) is 3.88. The van der Waals surface area contributed by atoms with E-state index in [-0.39, 0.29) is 11.4 Å². The number of ether oxygens (including phenoxy) is 2. The van der Waals surface area contributed by atoms with Crippen LogP contribution in [0.2, 0.25) is 5.02 Å². The Labute approximate surface area is 162 Å². The van der Waals surface area contributed by atoms with Gasteiger partial charge in [0.1, 0.15) is 11.8 Å². The summed E-state index contributed by atoms with van der Waals surface area (Å²) in [4.78, 5) is 24.0. The molecule has 1 N–H and O–H groups in total. The van der Waals surface area contributed by atoms with Crippen LogP contribution in [0.3, 0.4) is 0 Å². The zero-order valence-corrected chi connectivity index (χ0v) is 15.5. The smallest absolute Gasteiger partial charge is 0.306 e. The van der Waals surface area contributed by atoms with E-state index >= 15 is 0 Å². The summed E-state index contributed by atoms with van der Waals surface area (Å²) < 4.78 is 10.6. The molecule has 0 heterocycles. The Morgan fingerprint density at radius 2 is 1.96 bits per heavy atom. The molecule has 1 atom stereocenters. The van der Waals surface area contributed by atoms with Crippen LogP contribution < -0.4 is 10.1 Å². The van der Waals surface area contributed by atoms with Gasteiger partial charge in [0, 0.05) is 12.1 Å². The monoisotopic (exact) mass is 386 g/mol. The molecule has 0 radical (unpaired) electrons. The second kappa shape index (κ2) is 10.2. The Morgan fingerprint density at radius 1 is 1.22 bits per heavy atom. The molecule has 7 heteroatoms. The number of benzene rings is 2. The van der Waals surface area contributed by atoms with Gasteiger partial charge in [-0.05, 0) is 43.7 Å². The van der Waals surface area contributed by atoms with Gasteiger partial charge in [-0.15, -0.1) is 0 Å². The van der Waals surface area contributed by atoms with Gasteiger partial charge in [0.25, 0.3) is 5.91 Å². The first-order valence-corrected chi connectivity index (χ1v) is 8.75. The van der Waals surface area contributed by atoms with Crippen molar-refractivity contribution in [3.63, 3.8) is 0 Å². The minimum absolute atomic E-state index is 0.146. The molecule has 0 bridgehead atoms. The Kier molecular flexibility index (Phi) is 7.65. The van der Waals surface area contributed by atoms with E-state index in [1.54, 1.807) is 6.07 Å². The van der Waals surface area contributed by atoms with Crippen molar-refractivity contribution in [2.75, 3.05) is 11.9 Å². The molecule has 0 fully saturated rings. The summed E-state index contributed by atoms with van der Waals surface area (Å²) in [6, 6.07) is 15.7. The van der Waals surface area contributed by atoms with Crippen LogP contribution in [0.15, 0.2) is 48.5 Å². The average Bonchev–Trinajstić information content (AvgIpc) is 2.66. The van der Waals surface area contributed by atoms with Crippen molar-refractivity contribution in [2.24, 2.45) is 0 Å².